The van der Waals surface area contributed by atoms with E-state index in [1.165, 1.54) is 10.7 Å². The molecule has 9 nitrogen and oxygen atoms in total. The van der Waals surface area contributed by atoms with Gasteiger partial charge in [-0.3, -0.25) is 4.79 Å². The summed E-state index contributed by atoms with van der Waals surface area (Å²) in [6.07, 6.45) is 6.65. The Balaban J connectivity index is 1.47. The lowest BCUT2D eigenvalue weighted by Crippen LogP contribution is -2.52. The summed E-state index contributed by atoms with van der Waals surface area (Å²) in [6, 6.07) is 16.7. The number of amides is 3. The molecular formula is C31H44N4O5S. The van der Waals surface area contributed by atoms with Gasteiger partial charge in [0.15, 0.2) is 0 Å². The number of sulfonamides is 1. The largest absolute Gasteiger partial charge is 0.497 e. The summed E-state index contributed by atoms with van der Waals surface area (Å²) in [5, 5.41) is 2.94. The molecule has 224 valence electrons. The van der Waals surface area contributed by atoms with Gasteiger partial charge in [0.2, 0.25) is 15.9 Å². The summed E-state index contributed by atoms with van der Waals surface area (Å²) in [6.45, 7) is 3.27. The molecule has 1 heterocycles. The van der Waals surface area contributed by atoms with Crippen LogP contribution in [0.4, 0.5) is 10.5 Å². The number of nitrogens with zero attached hydrogens (tertiary/aromatic N) is 3. The first-order valence-corrected chi connectivity index (χ1v) is 16.4. The smallest absolute Gasteiger partial charge is 0.321 e. The summed E-state index contributed by atoms with van der Waals surface area (Å²) in [5.41, 5.74) is 1.69. The number of likely N-dealkylation sites (tertiary alicyclic amines) is 1. The van der Waals surface area contributed by atoms with Crippen molar-refractivity contribution in [3.63, 3.8) is 0 Å². The van der Waals surface area contributed by atoms with Crippen LogP contribution in [0.1, 0.15) is 57.4 Å². The third-order valence-corrected chi connectivity index (χ3v) is 10.1. The van der Waals surface area contributed by atoms with Crippen molar-refractivity contribution >= 4 is 27.6 Å². The molecule has 0 atom stereocenters. The number of anilines is 1. The fourth-order valence-electron chi connectivity index (χ4n) is 5.81. The van der Waals surface area contributed by atoms with Gasteiger partial charge in [-0.2, -0.15) is 4.31 Å². The zero-order valence-electron chi connectivity index (χ0n) is 24.3. The molecule has 2 fully saturated rings. The van der Waals surface area contributed by atoms with Crippen molar-refractivity contribution in [3.05, 3.63) is 60.2 Å². The van der Waals surface area contributed by atoms with E-state index in [2.05, 4.69) is 5.32 Å². The van der Waals surface area contributed by atoms with Crippen LogP contribution in [0.5, 0.6) is 5.75 Å². The standard InChI is InChI=1S/C31H44N4O5S/c1-3-41(38,39)34(22-25-10-6-4-7-11-25)24-30(36)35(23-26-14-16-29(40-2)17-15-26)28-18-20-33(21-19-28)31(37)32-27-12-8-5-9-13-27/h5,8-9,12-17,25,28H,3-4,6-7,10-11,18-24H2,1-2H3,(H,32,37). The molecule has 0 aromatic heterocycles. The number of carbonyl (C=O) groups excluding carboxylic acids is 2. The third kappa shape index (κ3) is 8.69. The molecule has 0 radical (unpaired) electrons. The van der Waals surface area contributed by atoms with Crippen LogP contribution in [-0.2, 0) is 21.4 Å². The number of para-hydroxylation sites is 1. The maximum atomic E-state index is 13.9. The zero-order valence-corrected chi connectivity index (χ0v) is 25.2. The second kappa shape index (κ2) is 14.7. The number of methoxy groups -OCH3 is 1. The molecule has 1 saturated carbocycles. The third-order valence-electron chi connectivity index (χ3n) is 8.31. The molecule has 2 aliphatic rings. The highest BCUT2D eigenvalue weighted by Crippen LogP contribution is 2.26. The van der Waals surface area contributed by atoms with E-state index in [9.17, 15) is 18.0 Å². The molecule has 2 aromatic carbocycles. The molecule has 4 rings (SSSR count). The van der Waals surface area contributed by atoms with E-state index in [4.69, 9.17) is 4.74 Å². The number of carbonyl (C=O) groups is 2. The topological polar surface area (TPSA) is 99.3 Å². The van der Waals surface area contributed by atoms with E-state index in [1.54, 1.807) is 18.9 Å². The fraction of sp³-hybridized carbons (Fsp3) is 0.548. The number of rotatable bonds is 11. The van der Waals surface area contributed by atoms with Gasteiger partial charge in [-0.1, -0.05) is 49.6 Å². The highest BCUT2D eigenvalue weighted by atomic mass is 32.2. The molecule has 41 heavy (non-hydrogen) atoms. The Morgan fingerprint density at radius 2 is 1.61 bits per heavy atom. The molecule has 3 amide bonds. The molecule has 0 bridgehead atoms. The molecule has 1 aliphatic heterocycles. The predicted octanol–water partition coefficient (Wildman–Crippen LogP) is 4.95. The molecule has 2 aromatic rings. The van der Waals surface area contributed by atoms with Crippen molar-refractivity contribution in [1.82, 2.24) is 14.1 Å². The Morgan fingerprint density at radius 1 is 0.951 bits per heavy atom. The van der Waals surface area contributed by atoms with Crippen LogP contribution < -0.4 is 10.1 Å². The normalized spacial score (nSPS) is 16.9. The second-order valence-electron chi connectivity index (χ2n) is 11.1. The van der Waals surface area contributed by atoms with Crippen molar-refractivity contribution in [2.75, 3.05) is 44.4 Å². The minimum absolute atomic E-state index is 0.0274. The van der Waals surface area contributed by atoms with Crippen LogP contribution in [0.3, 0.4) is 0 Å². The van der Waals surface area contributed by atoms with Crippen molar-refractivity contribution in [2.45, 2.75) is 64.5 Å². The molecule has 0 spiro atoms. The number of urea groups is 1. The summed E-state index contributed by atoms with van der Waals surface area (Å²) in [4.78, 5) is 30.4. The van der Waals surface area contributed by atoms with Crippen molar-refractivity contribution in [3.8, 4) is 5.75 Å². The van der Waals surface area contributed by atoms with E-state index >= 15 is 0 Å². The Bertz CT molecular complexity index is 1220. The average molecular weight is 585 g/mol. The first-order chi connectivity index (χ1) is 19.8. The lowest BCUT2D eigenvalue weighted by atomic mass is 9.89. The maximum Gasteiger partial charge on any atom is 0.321 e. The molecular weight excluding hydrogens is 540 g/mol. The van der Waals surface area contributed by atoms with Gasteiger partial charge in [0.1, 0.15) is 5.75 Å². The SMILES string of the molecule is CCS(=O)(=O)N(CC(=O)N(Cc1ccc(OC)cc1)C1CCN(C(=O)Nc2ccccc2)CC1)CC1CCCCC1. The lowest BCUT2D eigenvalue weighted by molar-refractivity contribution is -0.135. The van der Waals surface area contributed by atoms with Crippen LogP contribution in [0.2, 0.25) is 0 Å². The first kappa shape index (κ1) is 30.8. The molecule has 1 saturated heterocycles. The van der Waals surface area contributed by atoms with Crippen LogP contribution in [0.15, 0.2) is 54.6 Å². The number of benzene rings is 2. The molecule has 0 unspecified atom stereocenters. The van der Waals surface area contributed by atoms with E-state index in [1.807, 2.05) is 59.5 Å². The van der Waals surface area contributed by atoms with Crippen molar-refractivity contribution in [2.24, 2.45) is 5.92 Å². The fourth-order valence-corrected chi connectivity index (χ4v) is 6.92. The zero-order chi connectivity index (χ0) is 29.2. The number of hydrogen-bond acceptors (Lipinski definition) is 5. The van der Waals surface area contributed by atoms with Gasteiger partial charge in [-0.05, 0) is 68.4 Å². The summed E-state index contributed by atoms with van der Waals surface area (Å²) >= 11 is 0. The number of nitrogens with one attached hydrogen (secondary N) is 1. The Hall–Kier alpha value is -3.11. The first-order valence-electron chi connectivity index (χ1n) is 14.8. The quantitative estimate of drug-likeness (QED) is 0.403. The van der Waals surface area contributed by atoms with Gasteiger partial charge in [-0.25, -0.2) is 13.2 Å². The van der Waals surface area contributed by atoms with Gasteiger partial charge in [0.05, 0.1) is 19.4 Å². The van der Waals surface area contributed by atoms with E-state index in [-0.39, 0.29) is 30.3 Å². The number of hydrogen-bond donors (Lipinski definition) is 1. The Labute approximate surface area is 244 Å². The van der Waals surface area contributed by atoms with Crippen LogP contribution in [0.25, 0.3) is 0 Å². The molecule has 1 N–H and O–H groups in total. The molecule has 10 heteroatoms. The van der Waals surface area contributed by atoms with Gasteiger partial charge >= 0.3 is 6.03 Å². The van der Waals surface area contributed by atoms with Gasteiger partial charge in [0.25, 0.3) is 0 Å². The van der Waals surface area contributed by atoms with E-state index in [0.29, 0.717) is 44.9 Å². The summed E-state index contributed by atoms with van der Waals surface area (Å²) < 4.78 is 32.9. The van der Waals surface area contributed by atoms with Crippen molar-refractivity contribution in [1.29, 1.82) is 0 Å². The average Bonchev–Trinajstić information content (AvgIpc) is 3.01. The van der Waals surface area contributed by atoms with Crippen LogP contribution in [0, 0.1) is 5.92 Å². The van der Waals surface area contributed by atoms with E-state index < -0.39 is 10.0 Å². The highest BCUT2D eigenvalue weighted by molar-refractivity contribution is 7.89. The minimum Gasteiger partial charge on any atom is -0.497 e. The Kier molecular flexibility index (Phi) is 11.0. The number of ether oxygens (including phenoxy) is 1. The Morgan fingerprint density at radius 3 is 2.22 bits per heavy atom. The second-order valence-corrected chi connectivity index (χ2v) is 13.3. The summed E-state index contributed by atoms with van der Waals surface area (Å²) in [5.74, 6) is 0.803. The predicted molar refractivity (Wildman–Crippen MR) is 161 cm³/mol. The van der Waals surface area contributed by atoms with Crippen LogP contribution in [-0.4, -0.2) is 79.5 Å². The van der Waals surface area contributed by atoms with Gasteiger partial charge < -0.3 is 19.9 Å². The van der Waals surface area contributed by atoms with Crippen molar-refractivity contribution < 1.29 is 22.7 Å². The monoisotopic (exact) mass is 584 g/mol. The van der Waals surface area contributed by atoms with Crippen LogP contribution >= 0.6 is 0 Å². The lowest BCUT2D eigenvalue weighted by Gasteiger charge is -2.39. The maximum absolute atomic E-state index is 13.9. The van der Waals surface area contributed by atoms with Gasteiger partial charge in [-0.15, -0.1) is 0 Å². The minimum atomic E-state index is -3.54. The van der Waals surface area contributed by atoms with Gasteiger partial charge in [0, 0.05) is 37.9 Å². The van der Waals surface area contributed by atoms with E-state index in [0.717, 1.165) is 42.7 Å². The highest BCUT2D eigenvalue weighted by Gasteiger charge is 2.33. The summed E-state index contributed by atoms with van der Waals surface area (Å²) in [7, 11) is -1.93. The number of piperidine rings is 1. The molecule has 1 aliphatic carbocycles.